The molecule has 0 saturated carbocycles. The summed E-state index contributed by atoms with van der Waals surface area (Å²) in [6.45, 7) is 14.2. The second kappa shape index (κ2) is 22.7. The molecule has 0 spiro atoms. The lowest BCUT2D eigenvalue weighted by atomic mass is 9.93. The van der Waals surface area contributed by atoms with Crippen molar-refractivity contribution in [3.8, 4) is 0 Å². The SMILES string of the molecule is CCCCC(CC)COC(=O)CC(CC(=O)OC(C)=O)(OCC(CC)CCCC)C(=O)OCC(CC)CCCC. The van der Waals surface area contributed by atoms with Crippen LogP contribution >= 0.6 is 0 Å². The Kier molecular flexibility index (Phi) is 21.6. The molecule has 8 nitrogen and oxygen atoms in total. The predicted molar refractivity (Wildman–Crippen MR) is 157 cm³/mol. The maximum Gasteiger partial charge on any atom is 0.339 e. The van der Waals surface area contributed by atoms with E-state index in [4.69, 9.17) is 18.9 Å². The average Bonchev–Trinajstić information content (AvgIpc) is 2.92. The van der Waals surface area contributed by atoms with Crippen LogP contribution in [0.15, 0.2) is 0 Å². The summed E-state index contributed by atoms with van der Waals surface area (Å²) >= 11 is 0. The van der Waals surface area contributed by atoms with Crippen LogP contribution in [0.5, 0.6) is 0 Å². The fraction of sp³-hybridized carbons (Fsp3) is 0.875. The molecule has 0 bridgehead atoms. The molecule has 0 fully saturated rings. The van der Waals surface area contributed by atoms with Crippen LogP contribution in [0.4, 0.5) is 0 Å². The maximum atomic E-state index is 13.7. The van der Waals surface area contributed by atoms with Crippen molar-refractivity contribution < 1.29 is 38.1 Å². The van der Waals surface area contributed by atoms with Crippen molar-refractivity contribution in [3.05, 3.63) is 0 Å². The second-order valence-corrected chi connectivity index (χ2v) is 11.2. The van der Waals surface area contributed by atoms with E-state index in [9.17, 15) is 19.2 Å². The smallest absolute Gasteiger partial charge is 0.339 e. The van der Waals surface area contributed by atoms with Gasteiger partial charge in [0.15, 0.2) is 5.60 Å². The highest BCUT2D eigenvalue weighted by molar-refractivity contribution is 5.93. The summed E-state index contributed by atoms with van der Waals surface area (Å²) in [6, 6.07) is 0. The Morgan fingerprint density at radius 3 is 1.45 bits per heavy atom. The molecule has 0 aromatic heterocycles. The summed E-state index contributed by atoms with van der Waals surface area (Å²) in [7, 11) is 0. The highest BCUT2D eigenvalue weighted by atomic mass is 16.6. The summed E-state index contributed by atoms with van der Waals surface area (Å²) in [5.41, 5.74) is -1.93. The molecule has 0 aliphatic rings. The largest absolute Gasteiger partial charge is 0.465 e. The Labute approximate surface area is 243 Å². The van der Waals surface area contributed by atoms with Gasteiger partial charge in [-0.3, -0.25) is 14.4 Å². The molecule has 40 heavy (non-hydrogen) atoms. The molecule has 8 heteroatoms. The van der Waals surface area contributed by atoms with Crippen LogP contribution in [-0.2, 0) is 38.1 Å². The number of hydrogen-bond acceptors (Lipinski definition) is 8. The molecule has 0 aliphatic carbocycles. The van der Waals surface area contributed by atoms with Gasteiger partial charge in [-0.2, -0.15) is 0 Å². The van der Waals surface area contributed by atoms with E-state index in [-0.39, 0.29) is 37.6 Å². The van der Waals surface area contributed by atoms with Gasteiger partial charge in [-0.05, 0) is 37.0 Å². The normalized spacial score (nSPS) is 15.0. The molecule has 0 rings (SSSR count). The van der Waals surface area contributed by atoms with Crippen molar-refractivity contribution >= 4 is 23.9 Å². The van der Waals surface area contributed by atoms with Gasteiger partial charge in [0.1, 0.15) is 0 Å². The van der Waals surface area contributed by atoms with Gasteiger partial charge in [0.2, 0.25) is 0 Å². The zero-order chi connectivity index (χ0) is 30.4. The molecular formula is C32H58O8. The van der Waals surface area contributed by atoms with Crippen molar-refractivity contribution in [2.24, 2.45) is 17.8 Å². The average molecular weight is 571 g/mol. The third kappa shape index (κ3) is 16.3. The van der Waals surface area contributed by atoms with Crippen LogP contribution in [0.3, 0.4) is 0 Å². The molecule has 0 aromatic rings. The van der Waals surface area contributed by atoms with Gasteiger partial charge in [-0.15, -0.1) is 0 Å². The minimum atomic E-state index is -1.93. The Morgan fingerprint density at radius 2 is 1.02 bits per heavy atom. The topological polar surface area (TPSA) is 105 Å². The van der Waals surface area contributed by atoms with Gasteiger partial charge in [0.05, 0.1) is 32.7 Å². The van der Waals surface area contributed by atoms with Crippen LogP contribution in [0.2, 0.25) is 0 Å². The first-order valence-corrected chi connectivity index (χ1v) is 15.8. The number of hydrogen-bond donors (Lipinski definition) is 0. The third-order valence-electron chi connectivity index (χ3n) is 7.64. The molecule has 234 valence electrons. The molecular weight excluding hydrogens is 512 g/mol. The van der Waals surface area contributed by atoms with Crippen molar-refractivity contribution in [2.45, 2.75) is 144 Å². The lowest BCUT2D eigenvalue weighted by molar-refractivity contribution is -0.189. The first-order valence-electron chi connectivity index (χ1n) is 15.8. The third-order valence-corrected chi connectivity index (χ3v) is 7.64. The van der Waals surface area contributed by atoms with E-state index in [1.807, 2.05) is 13.8 Å². The highest BCUT2D eigenvalue weighted by Gasteiger charge is 2.47. The van der Waals surface area contributed by atoms with Gasteiger partial charge < -0.3 is 18.9 Å². The molecule has 0 radical (unpaired) electrons. The van der Waals surface area contributed by atoms with Crippen molar-refractivity contribution in [1.29, 1.82) is 0 Å². The zero-order valence-electron chi connectivity index (χ0n) is 26.5. The number of carbonyl (C=O) groups is 4. The van der Waals surface area contributed by atoms with Crippen LogP contribution in [0.25, 0.3) is 0 Å². The number of unbranched alkanes of at least 4 members (excludes halogenated alkanes) is 3. The van der Waals surface area contributed by atoms with E-state index in [0.29, 0.717) is 0 Å². The Bertz CT molecular complexity index is 722. The first-order chi connectivity index (χ1) is 19.1. The lowest BCUT2D eigenvalue weighted by Gasteiger charge is -2.32. The molecule has 4 atom stereocenters. The lowest BCUT2D eigenvalue weighted by Crippen LogP contribution is -2.48. The monoisotopic (exact) mass is 570 g/mol. The standard InChI is InChI=1S/C32H58O8/c1-8-14-17-26(11-4)22-37-29(34)20-32(21-30(35)40-25(7)33,39-24-28(13-6)19-16-10-3)31(36)38-23-27(12-5)18-15-9-2/h26-28H,8-24H2,1-7H3. The van der Waals surface area contributed by atoms with Gasteiger partial charge >= 0.3 is 23.9 Å². The van der Waals surface area contributed by atoms with Crippen molar-refractivity contribution in [2.75, 3.05) is 19.8 Å². The van der Waals surface area contributed by atoms with E-state index in [1.54, 1.807) is 0 Å². The molecule has 0 heterocycles. The highest BCUT2D eigenvalue weighted by Crippen LogP contribution is 2.29. The molecule has 0 N–H and O–H groups in total. The quantitative estimate of drug-likeness (QED) is 0.0674. The Morgan fingerprint density at radius 1 is 0.600 bits per heavy atom. The van der Waals surface area contributed by atoms with Crippen molar-refractivity contribution in [1.82, 2.24) is 0 Å². The van der Waals surface area contributed by atoms with E-state index in [2.05, 4.69) is 27.7 Å². The molecule has 0 aliphatic heterocycles. The van der Waals surface area contributed by atoms with Crippen LogP contribution in [0, 0.1) is 17.8 Å². The Hall–Kier alpha value is -1.96. The van der Waals surface area contributed by atoms with Gasteiger partial charge in [0.25, 0.3) is 0 Å². The van der Waals surface area contributed by atoms with E-state index in [1.165, 1.54) is 0 Å². The van der Waals surface area contributed by atoms with Gasteiger partial charge in [0, 0.05) is 6.92 Å². The van der Waals surface area contributed by atoms with Crippen molar-refractivity contribution in [3.63, 3.8) is 0 Å². The fourth-order valence-corrected chi connectivity index (χ4v) is 4.59. The fourth-order valence-electron chi connectivity index (χ4n) is 4.59. The minimum absolute atomic E-state index is 0.137. The van der Waals surface area contributed by atoms with E-state index < -0.39 is 42.3 Å². The van der Waals surface area contributed by atoms with E-state index in [0.717, 1.165) is 84.0 Å². The Balaban J connectivity index is 6.06. The molecule has 0 aromatic carbocycles. The number of esters is 4. The molecule has 0 saturated heterocycles. The summed E-state index contributed by atoms with van der Waals surface area (Å²) in [4.78, 5) is 51.1. The van der Waals surface area contributed by atoms with Crippen LogP contribution in [-0.4, -0.2) is 49.3 Å². The second-order valence-electron chi connectivity index (χ2n) is 11.2. The summed E-state index contributed by atoms with van der Waals surface area (Å²) in [5.74, 6) is -2.64. The molecule has 4 unspecified atom stereocenters. The number of rotatable bonds is 24. The predicted octanol–water partition coefficient (Wildman–Crippen LogP) is 7.35. The van der Waals surface area contributed by atoms with Gasteiger partial charge in [-0.1, -0.05) is 99.3 Å². The molecule has 0 amide bonds. The number of carbonyl (C=O) groups excluding carboxylic acids is 4. The van der Waals surface area contributed by atoms with Crippen LogP contribution in [0.1, 0.15) is 138 Å². The van der Waals surface area contributed by atoms with Gasteiger partial charge in [-0.25, -0.2) is 4.79 Å². The summed E-state index contributed by atoms with van der Waals surface area (Å²) < 4.78 is 22.4. The zero-order valence-corrected chi connectivity index (χ0v) is 26.5. The number of ether oxygens (including phenoxy) is 4. The summed E-state index contributed by atoms with van der Waals surface area (Å²) in [5, 5.41) is 0. The summed E-state index contributed by atoms with van der Waals surface area (Å²) in [6.07, 6.45) is 10.3. The van der Waals surface area contributed by atoms with Crippen LogP contribution < -0.4 is 0 Å². The first kappa shape index (κ1) is 38.0. The maximum absolute atomic E-state index is 13.7. The minimum Gasteiger partial charge on any atom is -0.465 e. The van der Waals surface area contributed by atoms with E-state index >= 15 is 0 Å².